The second kappa shape index (κ2) is 8.30. The number of Topliss-reactive ketones (excluding diaryl/α,β-unsaturated/α-hetero) is 1. The van der Waals surface area contributed by atoms with Gasteiger partial charge < -0.3 is 14.2 Å². The van der Waals surface area contributed by atoms with Crippen molar-refractivity contribution in [3.05, 3.63) is 28.8 Å². The molecule has 5 nitrogen and oxygen atoms in total. The first-order chi connectivity index (χ1) is 12.5. The highest BCUT2D eigenvalue weighted by Gasteiger charge is 2.47. The Bertz CT molecular complexity index is 723. The number of aromatic hydroxyl groups is 1. The molecule has 160 valence electrons. The average molecular weight is 413 g/mol. The number of rotatable bonds is 7. The molecule has 1 aromatic rings. The fourth-order valence-electron chi connectivity index (χ4n) is 3.23. The van der Waals surface area contributed by atoms with Crippen LogP contribution in [0.5, 0.6) is 5.75 Å². The van der Waals surface area contributed by atoms with Crippen LogP contribution in [-0.4, -0.2) is 30.3 Å². The minimum atomic E-state index is -3.53. The quantitative estimate of drug-likeness (QED) is 0.577. The summed E-state index contributed by atoms with van der Waals surface area (Å²) in [4.78, 5) is 12.9. The molecule has 0 heterocycles. The first kappa shape index (κ1) is 24.9. The van der Waals surface area contributed by atoms with Gasteiger partial charge in [-0.1, -0.05) is 53.7 Å². The number of ketones is 1. The van der Waals surface area contributed by atoms with Gasteiger partial charge in [0.2, 0.25) is 0 Å². The van der Waals surface area contributed by atoms with Crippen LogP contribution >= 0.6 is 7.60 Å². The molecule has 0 atom stereocenters. The van der Waals surface area contributed by atoms with Gasteiger partial charge in [0.25, 0.3) is 0 Å². The summed E-state index contributed by atoms with van der Waals surface area (Å²) >= 11 is 0. The Balaban J connectivity index is 3.27. The van der Waals surface area contributed by atoms with E-state index in [0.29, 0.717) is 12.2 Å². The number of carbonyl (C=O) groups is 1. The highest BCUT2D eigenvalue weighted by atomic mass is 31.2. The average Bonchev–Trinajstić information content (AvgIpc) is 2.57. The van der Waals surface area contributed by atoms with Crippen LogP contribution in [0.1, 0.15) is 78.5 Å². The van der Waals surface area contributed by atoms with Crippen LogP contribution in [0.25, 0.3) is 0 Å². The fraction of sp³-hybridized carbons (Fsp3) is 0.682. The van der Waals surface area contributed by atoms with E-state index >= 15 is 0 Å². The summed E-state index contributed by atoms with van der Waals surface area (Å²) in [5, 5.41) is 9.60. The van der Waals surface area contributed by atoms with Gasteiger partial charge in [-0.2, -0.15) is 0 Å². The van der Waals surface area contributed by atoms with Crippen molar-refractivity contribution in [1.82, 2.24) is 0 Å². The van der Waals surface area contributed by atoms with Crippen LogP contribution in [0.4, 0.5) is 0 Å². The van der Waals surface area contributed by atoms with Crippen LogP contribution in [0.15, 0.2) is 12.1 Å². The topological polar surface area (TPSA) is 72.8 Å². The number of hydrogen-bond donors (Lipinski definition) is 1. The largest absolute Gasteiger partial charge is 0.507 e. The Morgan fingerprint density at radius 3 is 1.64 bits per heavy atom. The molecular weight excluding hydrogens is 375 g/mol. The lowest BCUT2D eigenvalue weighted by atomic mass is 9.78. The van der Waals surface area contributed by atoms with Crippen molar-refractivity contribution in [2.45, 2.75) is 84.2 Å². The van der Waals surface area contributed by atoms with E-state index in [4.69, 9.17) is 9.05 Å². The van der Waals surface area contributed by atoms with Gasteiger partial charge in [0.05, 0.1) is 0 Å². The molecule has 1 N–H and O–H groups in total. The smallest absolute Gasteiger partial charge is 0.343 e. The maximum atomic E-state index is 12.9. The van der Waals surface area contributed by atoms with E-state index in [1.54, 1.807) is 13.8 Å². The normalized spacial score (nSPS) is 13.6. The summed E-state index contributed by atoms with van der Waals surface area (Å²) in [7, 11) is -0.939. The van der Waals surface area contributed by atoms with Gasteiger partial charge >= 0.3 is 7.60 Å². The molecule has 1 rings (SSSR count). The van der Waals surface area contributed by atoms with Crippen LogP contribution in [0.2, 0.25) is 0 Å². The molecule has 0 aliphatic carbocycles. The highest BCUT2D eigenvalue weighted by molar-refractivity contribution is 7.56. The van der Waals surface area contributed by atoms with Gasteiger partial charge in [-0.25, -0.2) is 0 Å². The van der Waals surface area contributed by atoms with E-state index in [0.717, 1.165) is 16.7 Å². The first-order valence-corrected chi connectivity index (χ1v) is 11.2. The molecule has 0 aromatic heterocycles. The monoisotopic (exact) mass is 412 g/mol. The lowest BCUT2D eigenvalue weighted by molar-refractivity contribution is -0.121. The summed E-state index contributed by atoms with van der Waals surface area (Å²) in [5.74, 6) is 0.140. The van der Waals surface area contributed by atoms with Gasteiger partial charge in [-0.15, -0.1) is 0 Å². The highest BCUT2D eigenvalue weighted by Crippen LogP contribution is 2.59. The molecule has 0 spiro atoms. The summed E-state index contributed by atoms with van der Waals surface area (Å²) in [6.07, 6.45) is 0.698. The molecule has 0 aliphatic heterocycles. The Morgan fingerprint density at radius 2 is 1.32 bits per heavy atom. The molecule has 0 bridgehead atoms. The van der Waals surface area contributed by atoms with Crippen LogP contribution < -0.4 is 0 Å². The van der Waals surface area contributed by atoms with Crippen molar-refractivity contribution in [3.8, 4) is 5.75 Å². The number of hydrogen-bond acceptors (Lipinski definition) is 5. The lowest BCUT2D eigenvalue weighted by Gasteiger charge is -2.30. The van der Waals surface area contributed by atoms with Crippen molar-refractivity contribution in [1.29, 1.82) is 0 Å². The molecule has 0 aliphatic rings. The minimum absolute atomic E-state index is 0.178. The number of phenolic OH excluding ortho intramolecular Hbond substituents is 1. The Labute approximate surface area is 170 Å². The molecule has 0 saturated heterocycles. The number of phenols is 1. The third-order valence-electron chi connectivity index (χ3n) is 5.27. The second-order valence-corrected chi connectivity index (χ2v) is 12.7. The standard InChI is InChI=1S/C22H37O5P/c1-20(2,3)16-13-15(14-17(19(16)24)21(4,5)6)11-12-18(23)22(7,8)28(25,26-9)27-10/h13-14,24H,11-12H2,1-10H3. The molecule has 6 heteroatoms. The van der Waals surface area contributed by atoms with Crippen molar-refractivity contribution >= 4 is 13.4 Å². The molecule has 0 radical (unpaired) electrons. The van der Waals surface area contributed by atoms with E-state index in [9.17, 15) is 14.5 Å². The van der Waals surface area contributed by atoms with Crippen LogP contribution in [0, 0.1) is 0 Å². The van der Waals surface area contributed by atoms with Gasteiger partial charge in [0, 0.05) is 20.6 Å². The van der Waals surface area contributed by atoms with Gasteiger partial charge in [-0.05, 0) is 47.8 Å². The Hall–Kier alpha value is -1.16. The van der Waals surface area contributed by atoms with E-state index in [1.165, 1.54) is 14.2 Å². The molecular formula is C22H37O5P. The Kier molecular flexibility index (Phi) is 7.37. The lowest BCUT2D eigenvalue weighted by Crippen LogP contribution is -2.33. The predicted molar refractivity (Wildman–Crippen MR) is 115 cm³/mol. The zero-order valence-electron chi connectivity index (χ0n) is 19.1. The van der Waals surface area contributed by atoms with Crippen molar-refractivity contribution < 1.29 is 23.5 Å². The van der Waals surface area contributed by atoms with Crippen LogP contribution in [0.3, 0.4) is 0 Å². The van der Waals surface area contributed by atoms with E-state index in [-0.39, 0.29) is 23.0 Å². The van der Waals surface area contributed by atoms with Gasteiger partial charge in [0.15, 0.2) is 5.78 Å². The third-order valence-corrected chi connectivity index (χ3v) is 7.85. The zero-order valence-corrected chi connectivity index (χ0v) is 20.0. The fourth-order valence-corrected chi connectivity index (χ4v) is 4.71. The van der Waals surface area contributed by atoms with Crippen molar-refractivity contribution in [2.24, 2.45) is 0 Å². The van der Waals surface area contributed by atoms with Crippen LogP contribution in [-0.2, 0) is 35.7 Å². The number of carbonyl (C=O) groups excluding carboxylic acids is 1. The third kappa shape index (κ3) is 5.06. The number of benzene rings is 1. The summed E-state index contributed by atoms with van der Waals surface area (Å²) < 4.78 is 22.8. The SMILES string of the molecule is COP(=O)(OC)C(C)(C)C(=O)CCc1cc(C(C)(C)C)c(O)c(C(C)(C)C)c1. The minimum Gasteiger partial charge on any atom is -0.507 e. The molecule has 0 fully saturated rings. The molecule has 0 amide bonds. The molecule has 1 aromatic carbocycles. The van der Waals surface area contributed by atoms with Gasteiger partial charge in [0.1, 0.15) is 10.9 Å². The Morgan fingerprint density at radius 1 is 0.929 bits per heavy atom. The molecule has 0 unspecified atom stereocenters. The van der Waals surface area contributed by atoms with E-state index < -0.39 is 12.8 Å². The predicted octanol–water partition coefficient (Wildman–Crippen LogP) is 5.75. The molecule has 0 saturated carbocycles. The number of aryl methyl sites for hydroxylation is 1. The maximum absolute atomic E-state index is 12.9. The summed E-state index contributed by atoms with van der Waals surface area (Å²) in [6.45, 7) is 15.5. The maximum Gasteiger partial charge on any atom is 0.343 e. The van der Waals surface area contributed by atoms with Gasteiger partial charge in [-0.3, -0.25) is 9.36 Å². The van der Waals surface area contributed by atoms with Crippen molar-refractivity contribution in [3.63, 3.8) is 0 Å². The van der Waals surface area contributed by atoms with E-state index in [2.05, 4.69) is 41.5 Å². The summed E-state index contributed by atoms with van der Waals surface area (Å²) in [6, 6.07) is 3.94. The van der Waals surface area contributed by atoms with E-state index in [1.807, 2.05) is 12.1 Å². The molecule has 28 heavy (non-hydrogen) atoms. The zero-order chi connectivity index (χ0) is 22.1. The second-order valence-electron chi connectivity index (χ2n) is 9.88. The first-order valence-electron chi connectivity index (χ1n) is 9.63. The van der Waals surface area contributed by atoms with Crippen molar-refractivity contribution in [2.75, 3.05) is 14.2 Å². The summed E-state index contributed by atoms with van der Waals surface area (Å²) in [5.41, 5.74) is 2.24.